The van der Waals surface area contributed by atoms with Crippen molar-refractivity contribution in [2.24, 2.45) is 0 Å². The van der Waals surface area contributed by atoms with Gasteiger partial charge in [-0.1, -0.05) is 6.42 Å². The Hall–Kier alpha value is -1.55. The maximum absolute atomic E-state index is 12.4. The van der Waals surface area contributed by atoms with E-state index in [1.807, 2.05) is 32.2 Å². The number of anilines is 1. The summed E-state index contributed by atoms with van der Waals surface area (Å²) in [5.74, 6) is 0.0275. The fraction of sp³-hybridized carbons (Fsp3) is 0.588. The van der Waals surface area contributed by atoms with Crippen molar-refractivity contribution in [2.45, 2.75) is 39.2 Å². The minimum Gasteiger partial charge on any atom is -0.388 e. The second-order valence-corrected chi connectivity index (χ2v) is 6.02. The fourth-order valence-corrected chi connectivity index (χ4v) is 2.95. The number of likely N-dealkylation sites (tertiary alicyclic amines) is 1. The largest absolute Gasteiger partial charge is 0.388 e. The molecule has 1 aromatic carbocycles. The van der Waals surface area contributed by atoms with Crippen molar-refractivity contribution in [2.75, 3.05) is 32.0 Å². The maximum Gasteiger partial charge on any atom is 0.251 e. The molecule has 1 unspecified atom stereocenters. The summed E-state index contributed by atoms with van der Waals surface area (Å²) < 4.78 is 0. The molecule has 0 bridgehead atoms. The Balaban J connectivity index is 1.90. The molecule has 0 saturated carbocycles. The molecule has 1 aliphatic rings. The van der Waals surface area contributed by atoms with Gasteiger partial charge in [-0.25, -0.2) is 0 Å². The number of aryl methyl sites for hydroxylation is 1. The smallest absolute Gasteiger partial charge is 0.251 e. The number of rotatable bonds is 5. The van der Waals surface area contributed by atoms with E-state index in [-0.39, 0.29) is 11.9 Å². The summed E-state index contributed by atoms with van der Waals surface area (Å²) in [6.07, 6.45) is 3.91. The van der Waals surface area contributed by atoms with Crippen LogP contribution in [0.4, 0.5) is 5.69 Å². The summed E-state index contributed by atoms with van der Waals surface area (Å²) in [4.78, 5) is 14.8. The molecule has 1 aromatic rings. The van der Waals surface area contributed by atoms with E-state index in [0.717, 1.165) is 36.4 Å². The molecule has 1 atom stereocenters. The van der Waals surface area contributed by atoms with E-state index >= 15 is 0 Å². The molecule has 4 heteroatoms. The molecule has 4 nitrogen and oxygen atoms in total. The van der Waals surface area contributed by atoms with Gasteiger partial charge in [0.2, 0.25) is 0 Å². The Morgan fingerprint density at radius 1 is 1.29 bits per heavy atom. The van der Waals surface area contributed by atoms with Crippen LogP contribution in [0.2, 0.25) is 0 Å². The van der Waals surface area contributed by atoms with Crippen molar-refractivity contribution in [3.8, 4) is 0 Å². The van der Waals surface area contributed by atoms with Crippen LogP contribution in [-0.2, 0) is 0 Å². The standard InChI is InChI=1S/C17H27N3O/c1-13-11-15(18-3)7-8-16(13)17(21)19-14(2)12-20-9-5-4-6-10-20/h7-8,11,14,18H,4-6,9-10,12H2,1-3H3,(H,19,21). The van der Waals surface area contributed by atoms with Crippen LogP contribution in [0, 0.1) is 6.92 Å². The van der Waals surface area contributed by atoms with Crippen LogP contribution in [0.3, 0.4) is 0 Å². The summed E-state index contributed by atoms with van der Waals surface area (Å²) in [7, 11) is 1.88. The number of nitrogens with zero attached hydrogens (tertiary/aromatic N) is 1. The topological polar surface area (TPSA) is 44.4 Å². The summed E-state index contributed by atoms with van der Waals surface area (Å²) >= 11 is 0. The first-order valence-corrected chi connectivity index (χ1v) is 7.92. The Morgan fingerprint density at radius 3 is 2.62 bits per heavy atom. The number of carbonyl (C=O) groups excluding carboxylic acids is 1. The number of carbonyl (C=O) groups is 1. The molecule has 1 saturated heterocycles. The van der Waals surface area contributed by atoms with Crippen LogP contribution in [-0.4, -0.2) is 43.5 Å². The summed E-state index contributed by atoms with van der Waals surface area (Å²) in [6.45, 7) is 7.33. The predicted octanol–water partition coefficient (Wildman–Crippen LogP) is 2.64. The lowest BCUT2D eigenvalue weighted by molar-refractivity contribution is 0.0925. The van der Waals surface area contributed by atoms with Crippen LogP contribution in [0.5, 0.6) is 0 Å². The quantitative estimate of drug-likeness (QED) is 0.876. The zero-order valence-electron chi connectivity index (χ0n) is 13.4. The number of amides is 1. The Bertz CT molecular complexity index is 481. The highest BCUT2D eigenvalue weighted by Crippen LogP contribution is 2.15. The molecule has 1 amide bonds. The highest BCUT2D eigenvalue weighted by atomic mass is 16.1. The van der Waals surface area contributed by atoms with Crippen LogP contribution < -0.4 is 10.6 Å². The van der Waals surface area contributed by atoms with Gasteiger partial charge in [-0.2, -0.15) is 0 Å². The molecule has 1 fully saturated rings. The molecule has 1 aliphatic heterocycles. The van der Waals surface area contributed by atoms with Gasteiger partial charge in [0, 0.05) is 30.9 Å². The predicted molar refractivity (Wildman–Crippen MR) is 87.9 cm³/mol. The number of hydrogen-bond donors (Lipinski definition) is 2. The lowest BCUT2D eigenvalue weighted by atomic mass is 10.1. The van der Waals surface area contributed by atoms with Crippen molar-refractivity contribution < 1.29 is 4.79 Å². The first-order valence-electron chi connectivity index (χ1n) is 7.92. The van der Waals surface area contributed by atoms with Crippen LogP contribution >= 0.6 is 0 Å². The highest BCUT2D eigenvalue weighted by molar-refractivity contribution is 5.96. The fourth-order valence-electron chi connectivity index (χ4n) is 2.95. The van der Waals surface area contributed by atoms with Gasteiger partial charge in [-0.15, -0.1) is 0 Å². The molecule has 116 valence electrons. The third-order valence-corrected chi connectivity index (χ3v) is 4.12. The number of benzene rings is 1. The second-order valence-electron chi connectivity index (χ2n) is 6.02. The zero-order valence-corrected chi connectivity index (χ0v) is 13.4. The first kappa shape index (κ1) is 15.8. The van der Waals surface area contributed by atoms with Crippen molar-refractivity contribution in [3.05, 3.63) is 29.3 Å². The van der Waals surface area contributed by atoms with Gasteiger partial charge < -0.3 is 15.5 Å². The average molecular weight is 289 g/mol. The first-order chi connectivity index (χ1) is 10.1. The van der Waals surface area contributed by atoms with E-state index in [0.29, 0.717) is 0 Å². The summed E-state index contributed by atoms with van der Waals surface area (Å²) in [5.41, 5.74) is 2.80. The summed E-state index contributed by atoms with van der Waals surface area (Å²) in [5, 5.41) is 6.21. The molecule has 0 spiro atoms. The van der Waals surface area contributed by atoms with Gasteiger partial charge in [0.1, 0.15) is 0 Å². The molecule has 2 rings (SSSR count). The third kappa shape index (κ3) is 4.46. The van der Waals surface area contributed by atoms with E-state index in [4.69, 9.17) is 0 Å². The minimum absolute atomic E-state index is 0.0275. The monoisotopic (exact) mass is 289 g/mol. The van der Waals surface area contributed by atoms with Gasteiger partial charge in [0.15, 0.2) is 0 Å². The van der Waals surface area contributed by atoms with Crippen molar-refractivity contribution in [3.63, 3.8) is 0 Å². The maximum atomic E-state index is 12.4. The molecule has 21 heavy (non-hydrogen) atoms. The van der Waals surface area contributed by atoms with E-state index in [1.165, 1.54) is 19.3 Å². The number of nitrogens with one attached hydrogen (secondary N) is 2. The number of piperidine rings is 1. The normalized spacial score (nSPS) is 17.3. The minimum atomic E-state index is 0.0275. The molecular formula is C17H27N3O. The van der Waals surface area contributed by atoms with Crippen molar-refractivity contribution >= 4 is 11.6 Å². The van der Waals surface area contributed by atoms with Gasteiger partial charge in [-0.3, -0.25) is 4.79 Å². The Labute approximate surface area is 127 Å². The molecular weight excluding hydrogens is 262 g/mol. The molecule has 2 N–H and O–H groups in total. The van der Waals surface area contributed by atoms with E-state index in [9.17, 15) is 4.79 Å². The third-order valence-electron chi connectivity index (χ3n) is 4.12. The van der Waals surface area contributed by atoms with Crippen molar-refractivity contribution in [1.29, 1.82) is 0 Å². The SMILES string of the molecule is CNc1ccc(C(=O)NC(C)CN2CCCCC2)c(C)c1. The molecule has 0 radical (unpaired) electrons. The Morgan fingerprint density at radius 2 is 2.00 bits per heavy atom. The molecule has 0 aromatic heterocycles. The second kappa shape index (κ2) is 7.46. The van der Waals surface area contributed by atoms with Crippen LogP contribution in [0.15, 0.2) is 18.2 Å². The lowest BCUT2D eigenvalue weighted by Gasteiger charge is -2.29. The highest BCUT2D eigenvalue weighted by Gasteiger charge is 2.16. The lowest BCUT2D eigenvalue weighted by Crippen LogP contribution is -2.43. The van der Waals surface area contributed by atoms with Crippen molar-refractivity contribution in [1.82, 2.24) is 10.2 Å². The van der Waals surface area contributed by atoms with E-state index < -0.39 is 0 Å². The number of hydrogen-bond acceptors (Lipinski definition) is 3. The van der Waals surface area contributed by atoms with Crippen LogP contribution in [0.1, 0.15) is 42.1 Å². The van der Waals surface area contributed by atoms with Gasteiger partial charge in [-0.05, 0) is 63.5 Å². The molecule has 0 aliphatic carbocycles. The van der Waals surface area contributed by atoms with Gasteiger partial charge >= 0.3 is 0 Å². The average Bonchev–Trinajstić information content (AvgIpc) is 2.47. The summed E-state index contributed by atoms with van der Waals surface area (Å²) in [6, 6.07) is 6.02. The van der Waals surface area contributed by atoms with E-state index in [2.05, 4.69) is 22.5 Å². The zero-order chi connectivity index (χ0) is 15.2. The molecule has 1 heterocycles. The van der Waals surface area contributed by atoms with Gasteiger partial charge in [0.25, 0.3) is 5.91 Å². The van der Waals surface area contributed by atoms with Gasteiger partial charge in [0.05, 0.1) is 0 Å². The Kier molecular flexibility index (Phi) is 5.62. The van der Waals surface area contributed by atoms with E-state index in [1.54, 1.807) is 0 Å². The van der Waals surface area contributed by atoms with Crippen LogP contribution in [0.25, 0.3) is 0 Å².